The second-order valence-electron chi connectivity index (χ2n) is 6.28. The first-order chi connectivity index (χ1) is 9.79. The van der Waals surface area contributed by atoms with Crippen molar-refractivity contribution in [3.8, 4) is 5.88 Å². The van der Waals surface area contributed by atoms with Gasteiger partial charge < -0.3 is 10.1 Å². The monoisotopic (exact) mass is 285 g/mol. The molecular formula is C17H23N3O. The summed E-state index contributed by atoms with van der Waals surface area (Å²) >= 11 is 0. The summed E-state index contributed by atoms with van der Waals surface area (Å²) in [5.41, 5.74) is 4.51. The molecule has 0 aliphatic rings. The zero-order valence-corrected chi connectivity index (χ0v) is 13.6. The second-order valence-corrected chi connectivity index (χ2v) is 6.28. The van der Waals surface area contributed by atoms with E-state index in [4.69, 9.17) is 4.74 Å². The molecule has 4 heteroatoms. The van der Waals surface area contributed by atoms with Crippen LogP contribution in [0.2, 0.25) is 0 Å². The smallest absolute Gasteiger partial charge is 0.230 e. The minimum absolute atomic E-state index is 0.145. The maximum absolute atomic E-state index is 5.18. The van der Waals surface area contributed by atoms with Gasteiger partial charge in [-0.1, -0.05) is 32.9 Å². The third-order valence-electron chi connectivity index (χ3n) is 3.38. The predicted molar refractivity (Wildman–Crippen MR) is 86.5 cm³/mol. The summed E-state index contributed by atoms with van der Waals surface area (Å²) in [6, 6.07) is 8.23. The van der Waals surface area contributed by atoms with Gasteiger partial charge in [0.15, 0.2) is 0 Å². The van der Waals surface area contributed by atoms with Gasteiger partial charge in [-0.2, -0.15) is 4.98 Å². The Kier molecular flexibility index (Phi) is 4.16. The molecule has 4 nitrogen and oxygen atoms in total. The number of aromatic nitrogens is 2. The molecule has 21 heavy (non-hydrogen) atoms. The molecule has 0 aliphatic carbocycles. The van der Waals surface area contributed by atoms with Crippen LogP contribution >= 0.6 is 0 Å². The number of anilines is 2. The average Bonchev–Trinajstić information content (AvgIpc) is 2.39. The van der Waals surface area contributed by atoms with Crippen LogP contribution in [0.5, 0.6) is 5.88 Å². The number of aryl methyl sites for hydroxylation is 2. The molecule has 0 saturated heterocycles. The minimum Gasteiger partial charge on any atom is -0.481 e. The van der Waals surface area contributed by atoms with Crippen LogP contribution in [0.25, 0.3) is 0 Å². The first-order valence-electron chi connectivity index (χ1n) is 7.07. The molecule has 2 rings (SSSR count). The van der Waals surface area contributed by atoms with E-state index in [9.17, 15) is 0 Å². The molecule has 112 valence electrons. The van der Waals surface area contributed by atoms with E-state index in [0.29, 0.717) is 11.8 Å². The van der Waals surface area contributed by atoms with Crippen LogP contribution in [-0.2, 0) is 5.41 Å². The maximum atomic E-state index is 5.18. The summed E-state index contributed by atoms with van der Waals surface area (Å²) < 4.78 is 5.18. The van der Waals surface area contributed by atoms with Gasteiger partial charge >= 0.3 is 0 Å². The summed E-state index contributed by atoms with van der Waals surface area (Å²) in [5, 5.41) is 3.26. The fourth-order valence-electron chi connectivity index (χ4n) is 2.09. The summed E-state index contributed by atoms with van der Waals surface area (Å²) in [4.78, 5) is 8.70. The van der Waals surface area contributed by atoms with Crippen LogP contribution in [0.15, 0.2) is 24.3 Å². The van der Waals surface area contributed by atoms with E-state index in [1.54, 1.807) is 13.2 Å². The van der Waals surface area contributed by atoms with E-state index in [1.807, 2.05) is 6.92 Å². The summed E-state index contributed by atoms with van der Waals surface area (Å²) in [6.45, 7) is 10.6. The number of nitrogens with one attached hydrogen (secondary N) is 1. The normalized spacial score (nSPS) is 11.3. The van der Waals surface area contributed by atoms with Crippen molar-refractivity contribution in [3.05, 3.63) is 41.1 Å². The Morgan fingerprint density at radius 3 is 2.33 bits per heavy atom. The van der Waals surface area contributed by atoms with Gasteiger partial charge in [0.05, 0.1) is 7.11 Å². The van der Waals surface area contributed by atoms with Gasteiger partial charge in [0.2, 0.25) is 11.8 Å². The highest BCUT2D eigenvalue weighted by Gasteiger charge is 2.14. The van der Waals surface area contributed by atoms with Crippen LogP contribution < -0.4 is 10.1 Å². The number of benzene rings is 1. The molecule has 0 atom stereocenters. The van der Waals surface area contributed by atoms with Crippen LogP contribution in [0.3, 0.4) is 0 Å². The number of hydrogen-bond acceptors (Lipinski definition) is 4. The highest BCUT2D eigenvalue weighted by Crippen LogP contribution is 2.27. The number of hydrogen-bond donors (Lipinski definition) is 1. The predicted octanol–water partition coefficient (Wildman–Crippen LogP) is 4.14. The quantitative estimate of drug-likeness (QED) is 0.920. The van der Waals surface area contributed by atoms with Crippen LogP contribution in [0, 0.1) is 13.8 Å². The van der Waals surface area contributed by atoms with E-state index in [-0.39, 0.29) is 5.41 Å². The fourth-order valence-corrected chi connectivity index (χ4v) is 2.09. The molecule has 1 N–H and O–H groups in total. The highest BCUT2D eigenvalue weighted by molar-refractivity contribution is 5.59. The topological polar surface area (TPSA) is 47.0 Å². The minimum atomic E-state index is 0.145. The van der Waals surface area contributed by atoms with Crippen molar-refractivity contribution in [1.29, 1.82) is 0 Å². The molecule has 0 fully saturated rings. The van der Waals surface area contributed by atoms with Crippen molar-refractivity contribution in [3.63, 3.8) is 0 Å². The molecule has 0 unspecified atom stereocenters. The molecule has 0 spiro atoms. The van der Waals surface area contributed by atoms with Crippen molar-refractivity contribution in [1.82, 2.24) is 9.97 Å². The zero-order valence-electron chi connectivity index (χ0n) is 13.6. The zero-order chi connectivity index (χ0) is 15.6. The van der Waals surface area contributed by atoms with E-state index in [0.717, 1.165) is 11.4 Å². The molecular weight excluding hydrogens is 262 g/mol. The highest BCUT2D eigenvalue weighted by atomic mass is 16.5. The number of nitrogens with zero attached hydrogens (tertiary/aromatic N) is 2. The van der Waals surface area contributed by atoms with Crippen LogP contribution in [-0.4, -0.2) is 17.1 Å². The first kappa shape index (κ1) is 15.3. The number of rotatable bonds is 3. The molecule has 1 heterocycles. The van der Waals surface area contributed by atoms with E-state index >= 15 is 0 Å². The number of ether oxygens (including phenoxy) is 1. The third-order valence-corrected chi connectivity index (χ3v) is 3.38. The van der Waals surface area contributed by atoms with Gasteiger partial charge in [-0.25, -0.2) is 4.98 Å². The maximum Gasteiger partial charge on any atom is 0.230 e. The standard InChI is InChI=1S/C17H23N3O/c1-11-9-13(17(3,4)5)7-8-14(11)19-16-18-12(2)10-15(20-16)21-6/h7-10H,1-6H3,(H,18,19,20). The molecule has 0 amide bonds. The second kappa shape index (κ2) is 5.72. The largest absolute Gasteiger partial charge is 0.481 e. The van der Waals surface area contributed by atoms with Crippen molar-refractivity contribution in [2.24, 2.45) is 0 Å². The Balaban J connectivity index is 2.30. The van der Waals surface area contributed by atoms with Gasteiger partial charge in [-0.3, -0.25) is 0 Å². The Morgan fingerprint density at radius 1 is 1.05 bits per heavy atom. The lowest BCUT2D eigenvalue weighted by molar-refractivity contribution is 0.397. The molecule has 0 radical (unpaired) electrons. The van der Waals surface area contributed by atoms with Crippen LogP contribution in [0.4, 0.5) is 11.6 Å². The molecule has 1 aromatic heterocycles. The van der Waals surface area contributed by atoms with E-state index in [1.165, 1.54) is 11.1 Å². The molecule has 0 aliphatic heterocycles. The van der Waals surface area contributed by atoms with Crippen molar-refractivity contribution < 1.29 is 4.74 Å². The van der Waals surface area contributed by atoms with Gasteiger partial charge in [-0.05, 0) is 36.5 Å². The van der Waals surface area contributed by atoms with Crippen molar-refractivity contribution >= 4 is 11.6 Å². The fraction of sp³-hybridized carbons (Fsp3) is 0.412. The number of methoxy groups -OCH3 is 1. The van der Waals surface area contributed by atoms with E-state index < -0.39 is 0 Å². The first-order valence-corrected chi connectivity index (χ1v) is 7.07. The van der Waals surface area contributed by atoms with Gasteiger partial charge in [0.25, 0.3) is 0 Å². The Bertz CT molecular complexity index is 645. The summed E-state index contributed by atoms with van der Waals surface area (Å²) in [6.07, 6.45) is 0. The molecule has 1 aromatic carbocycles. The Labute approximate surface area is 126 Å². The molecule has 2 aromatic rings. The lowest BCUT2D eigenvalue weighted by Gasteiger charge is -2.20. The third kappa shape index (κ3) is 3.72. The summed E-state index contributed by atoms with van der Waals surface area (Å²) in [7, 11) is 1.61. The van der Waals surface area contributed by atoms with Crippen molar-refractivity contribution in [2.45, 2.75) is 40.0 Å². The molecule has 0 bridgehead atoms. The molecule has 0 saturated carbocycles. The Morgan fingerprint density at radius 2 is 1.76 bits per heavy atom. The Hall–Kier alpha value is -2.10. The van der Waals surface area contributed by atoms with Crippen molar-refractivity contribution in [2.75, 3.05) is 12.4 Å². The lowest BCUT2D eigenvalue weighted by atomic mass is 9.86. The summed E-state index contributed by atoms with van der Waals surface area (Å²) in [5.74, 6) is 1.12. The lowest BCUT2D eigenvalue weighted by Crippen LogP contribution is -2.11. The van der Waals surface area contributed by atoms with Crippen LogP contribution in [0.1, 0.15) is 37.6 Å². The average molecular weight is 285 g/mol. The van der Waals surface area contributed by atoms with Gasteiger partial charge in [0.1, 0.15) is 0 Å². The van der Waals surface area contributed by atoms with Gasteiger partial charge in [0, 0.05) is 17.4 Å². The van der Waals surface area contributed by atoms with Gasteiger partial charge in [-0.15, -0.1) is 0 Å². The van der Waals surface area contributed by atoms with E-state index in [2.05, 4.69) is 61.2 Å². The SMILES string of the molecule is COc1cc(C)nc(Nc2ccc(C(C)(C)C)cc2C)n1.